The number of alkyl halides is 3. The Balaban J connectivity index is 1.68. The first-order chi connectivity index (χ1) is 17.9. The summed E-state index contributed by atoms with van der Waals surface area (Å²) in [4.78, 5) is 24.9. The van der Waals surface area contributed by atoms with Gasteiger partial charge in [-0.2, -0.15) is 13.2 Å². The number of anilines is 1. The highest BCUT2D eigenvalue weighted by molar-refractivity contribution is 6.31. The second kappa shape index (κ2) is 10.2. The number of hydrogen-bond acceptors (Lipinski definition) is 6. The zero-order valence-corrected chi connectivity index (χ0v) is 21.3. The smallest absolute Gasteiger partial charge is 0.422 e. The lowest BCUT2D eigenvalue weighted by molar-refractivity contribution is -0.274. The van der Waals surface area contributed by atoms with E-state index in [1.807, 2.05) is 0 Å². The molecule has 3 aromatic carbocycles. The second-order valence-electron chi connectivity index (χ2n) is 8.71. The van der Waals surface area contributed by atoms with Gasteiger partial charge in [-0.15, -0.1) is 0 Å². The summed E-state index contributed by atoms with van der Waals surface area (Å²) < 4.78 is 59.2. The summed E-state index contributed by atoms with van der Waals surface area (Å²) in [5.74, 6) is -1.84. The molecular weight excluding hydrogens is 527 g/mol. The molecule has 2 unspecified atom stereocenters. The zero-order valence-electron chi connectivity index (χ0n) is 20.5. The van der Waals surface area contributed by atoms with Gasteiger partial charge < -0.3 is 24.2 Å². The van der Waals surface area contributed by atoms with Crippen molar-refractivity contribution in [1.29, 1.82) is 0 Å². The lowest BCUT2D eigenvalue weighted by atomic mass is 9.77. The van der Waals surface area contributed by atoms with Crippen LogP contribution in [0.5, 0.6) is 17.2 Å². The number of benzene rings is 3. The average molecular weight is 550 g/mol. The van der Waals surface area contributed by atoms with Gasteiger partial charge in [0.25, 0.3) is 5.91 Å². The van der Waals surface area contributed by atoms with Gasteiger partial charge in [0.2, 0.25) is 0 Å². The van der Waals surface area contributed by atoms with E-state index in [1.165, 1.54) is 62.4 Å². The molecule has 1 amide bonds. The average Bonchev–Trinajstić information content (AvgIpc) is 2.89. The molecule has 0 saturated carbocycles. The number of carbonyl (C=O) groups is 2. The van der Waals surface area contributed by atoms with E-state index in [9.17, 15) is 27.9 Å². The van der Waals surface area contributed by atoms with Crippen molar-refractivity contribution in [3.05, 3.63) is 82.4 Å². The summed E-state index contributed by atoms with van der Waals surface area (Å²) in [5.41, 5.74) is -3.46. The molecule has 0 saturated heterocycles. The molecule has 0 fully saturated rings. The fourth-order valence-electron chi connectivity index (χ4n) is 4.26. The number of esters is 1. The van der Waals surface area contributed by atoms with Crippen LogP contribution >= 0.6 is 11.6 Å². The van der Waals surface area contributed by atoms with E-state index >= 15 is 0 Å². The minimum absolute atomic E-state index is 0.0144. The zero-order chi connectivity index (χ0) is 27.8. The maximum Gasteiger partial charge on any atom is 0.422 e. The van der Waals surface area contributed by atoms with Crippen LogP contribution in [0, 0.1) is 0 Å². The molecule has 200 valence electrons. The third-order valence-corrected chi connectivity index (χ3v) is 6.80. The van der Waals surface area contributed by atoms with E-state index in [-0.39, 0.29) is 45.7 Å². The van der Waals surface area contributed by atoms with Crippen LogP contribution in [-0.4, -0.2) is 43.9 Å². The number of aliphatic hydroxyl groups is 1. The van der Waals surface area contributed by atoms with Gasteiger partial charge in [0.15, 0.2) is 12.2 Å². The van der Waals surface area contributed by atoms with Gasteiger partial charge >= 0.3 is 12.1 Å². The first kappa shape index (κ1) is 27.3. The van der Waals surface area contributed by atoms with Crippen LogP contribution in [0.2, 0.25) is 5.02 Å². The maximum absolute atomic E-state index is 14.5. The molecule has 0 radical (unpaired) electrons. The number of halogens is 4. The maximum atomic E-state index is 14.5. The monoisotopic (exact) mass is 549 g/mol. The highest BCUT2D eigenvalue weighted by Crippen LogP contribution is 2.51. The van der Waals surface area contributed by atoms with E-state index in [4.69, 9.17) is 21.1 Å². The molecule has 0 aromatic heterocycles. The first-order valence-corrected chi connectivity index (χ1v) is 11.7. The predicted octanol–water partition coefficient (Wildman–Crippen LogP) is 5.83. The third-order valence-electron chi connectivity index (χ3n) is 6.47. The van der Waals surface area contributed by atoms with Crippen molar-refractivity contribution in [1.82, 2.24) is 0 Å². The van der Waals surface area contributed by atoms with Crippen molar-refractivity contribution in [2.45, 2.75) is 24.6 Å². The summed E-state index contributed by atoms with van der Waals surface area (Å²) in [6.45, 7) is 0.972. The number of likely N-dealkylation sites (N-methyl/N-ethyl adjacent to an activating group) is 1. The van der Waals surface area contributed by atoms with Crippen molar-refractivity contribution in [2.75, 3.05) is 25.7 Å². The van der Waals surface area contributed by atoms with Crippen LogP contribution in [0.1, 0.15) is 34.3 Å². The van der Waals surface area contributed by atoms with Gasteiger partial charge in [-0.3, -0.25) is 4.79 Å². The molecule has 1 N–H and O–H groups in total. The topological polar surface area (TPSA) is 85.3 Å². The van der Waals surface area contributed by atoms with Crippen molar-refractivity contribution in [3.8, 4) is 17.2 Å². The minimum atomic E-state index is -5.11. The molecule has 4 rings (SSSR count). The number of carbonyl (C=O) groups excluding carboxylic acids is 2. The summed E-state index contributed by atoms with van der Waals surface area (Å²) in [5, 5.41) is 11.2. The molecule has 38 heavy (non-hydrogen) atoms. The van der Waals surface area contributed by atoms with Crippen LogP contribution in [0.4, 0.5) is 18.9 Å². The van der Waals surface area contributed by atoms with Gasteiger partial charge in [0.1, 0.15) is 17.2 Å². The fraction of sp³-hybridized carbons (Fsp3) is 0.259. The Kier molecular flexibility index (Phi) is 7.31. The number of nitrogens with zero attached hydrogens (tertiary/aromatic N) is 1. The summed E-state index contributed by atoms with van der Waals surface area (Å²) in [7, 11) is 2.66. The number of amides is 1. The van der Waals surface area contributed by atoms with E-state index in [1.54, 1.807) is 12.1 Å². The SMILES string of the molecule is COC(=O)c1cccc(Oc2ccc(C(C)C(O)(c3ccc4c(c3)N(C)C(=O)CO4)C(F)(F)F)c(Cl)c2)c1. The van der Waals surface area contributed by atoms with Gasteiger partial charge in [-0.25, -0.2) is 4.79 Å². The van der Waals surface area contributed by atoms with Gasteiger partial charge in [0, 0.05) is 18.0 Å². The van der Waals surface area contributed by atoms with Crippen LogP contribution < -0.4 is 14.4 Å². The Labute approximate surface area is 221 Å². The van der Waals surface area contributed by atoms with E-state index in [0.717, 1.165) is 12.1 Å². The standard InChI is InChI=1S/C27H23ClF3NO6/c1-15(20-9-8-19(13-21(20)28)38-18-6-4-5-16(11-18)25(34)36-3)26(35,27(29,30)31)17-7-10-23-22(12-17)32(2)24(33)14-37-23/h4-13,15,35H,14H2,1-3H3. The summed E-state index contributed by atoms with van der Waals surface area (Å²) >= 11 is 6.39. The lowest BCUT2D eigenvalue weighted by Crippen LogP contribution is -2.47. The van der Waals surface area contributed by atoms with E-state index in [0.29, 0.717) is 0 Å². The quantitative estimate of drug-likeness (QED) is 0.390. The molecule has 1 aliphatic rings. The van der Waals surface area contributed by atoms with E-state index in [2.05, 4.69) is 4.74 Å². The van der Waals surface area contributed by atoms with E-state index < -0.39 is 35.1 Å². The Bertz CT molecular complexity index is 1400. The third kappa shape index (κ3) is 4.89. The largest absolute Gasteiger partial charge is 0.482 e. The molecule has 2 atom stereocenters. The highest BCUT2D eigenvalue weighted by atomic mass is 35.5. The Morgan fingerprint density at radius 3 is 2.47 bits per heavy atom. The normalized spacial score (nSPS) is 15.7. The lowest BCUT2D eigenvalue weighted by Gasteiger charge is -2.38. The molecule has 0 spiro atoms. The highest BCUT2D eigenvalue weighted by Gasteiger charge is 2.59. The number of fused-ring (bicyclic) bond motifs is 1. The molecule has 0 bridgehead atoms. The Morgan fingerprint density at radius 1 is 1.11 bits per heavy atom. The van der Waals surface area contributed by atoms with Gasteiger partial charge in [-0.1, -0.05) is 36.7 Å². The number of ether oxygens (including phenoxy) is 3. The summed E-state index contributed by atoms with van der Waals surface area (Å²) in [6, 6.07) is 13.7. The molecule has 3 aromatic rings. The van der Waals surface area contributed by atoms with Crippen LogP contribution in [0.15, 0.2) is 60.7 Å². The summed E-state index contributed by atoms with van der Waals surface area (Å²) in [6.07, 6.45) is -5.11. The van der Waals surface area contributed by atoms with Gasteiger partial charge in [0.05, 0.1) is 18.4 Å². The van der Waals surface area contributed by atoms with Crippen LogP contribution in [0.3, 0.4) is 0 Å². The van der Waals surface area contributed by atoms with Crippen LogP contribution in [-0.2, 0) is 15.1 Å². The van der Waals surface area contributed by atoms with Crippen molar-refractivity contribution in [3.63, 3.8) is 0 Å². The Hall–Kier alpha value is -3.76. The van der Waals surface area contributed by atoms with Gasteiger partial charge in [-0.05, 0) is 53.6 Å². The van der Waals surface area contributed by atoms with Crippen molar-refractivity contribution in [2.24, 2.45) is 0 Å². The second-order valence-corrected chi connectivity index (χ2v) is 9.12. The van der Waals surface area contributed by atoms with Crippen molar-refractivity contribution < 1.29 is 42.1 Å². The number of methoxy groups -OCH3 is 1. The minimum Gasteiger partial charge on any atom is -0.482 e. The van der Waals surface area contributed by atoms with Crippen LogP contribution in [0.25, 0.3) is 0 Å². The molecule has 11 heteroatoms. The molecule has 1 aliphatic heterocycles. The van der Waals surface area contributed by atoms with Crippen molar-refractivity contribution >= 4 is 29.2 Å². The molecule has 1 heterocycles. The first-order valence-electron chi connectivity index (χ1n) is 11.4. The predicted molar refractivity (Wildman–Crippen MR) is 133 cm³/mol. The number of rotatable bonds is 6. The fourth-order valence-corrected chi connectivity index (χ4v) is 4.59. The molecular formula is C27H23ClF3NO6. The Morgan fingerprint density at radius 2 is 1.82 bits per heavy atom. The molecule has 0 aliphatic carbocycles. The molecule has 7 nitrogen and oxygen atoms in total. The number of hydrogen-bond donors (Lipinski definition) is 1.